The lowest BCUT2D eigenvalue weighted by atomic mass is 9.95. The lowest BCUT2D eigenvalue weighted by Crippen LogP contribution is -2.37. The van der Waals surface area contributed by atoms with E-state index in [0.29, 0.717) is 11.3 Å². The summed E-state index contributed by atoms with van der Waals surface area (Å²) < 4.78 is 1.82. The summed E-state index contributed by atoms with van der Waals surface area (Å²) in [7, 11) is 0. The summed E-state index contributed by atoms with van der Waals surface area (Å²) in [5.41, 5.74) is 3.01. The van der Waals surface area contributed by atoms with Gasteiger partial charge in [-0.3, -0.25) is 4.79 Å². The topological polar surface area (TPSA) is 57.8 Å². The molecule has 0 radical (unpaired) electrons. The minimum absolute atomic E-state index is 0.150. The van der Waals surface area contributed by atoms with Crippen LogP contribution in [0.2, 0.25) is 0 Å². The molecule has 0 bridgehead atoms. The van der Waals surface area contributed by atoms with Gasteiger partial charge < -0.3 is 9.88 Å². The van der Waals surface area contributed by atoms with Crippen molar-refractivity contribution < 1.29 is 4.79 Å². The maximum Gasteiger partial charge on any atom is 0.269 e. The fourth-order valence-corrected chi connectivity index (χ4v) is 3.36. The quantitative estimate of drug-likeness (QED) is 0.926. The highest BCUT2D eigenvalue weighted by Crippen LogP contribution is 2.21. The fraction of sp³-hybridized carbons (Fsp3) is 0.400. The summed E-state index contributed by atoms with van der Waals surface area (Å²) in [5.74, 6) is -0.150. The number of carbonyl (C=O) groups is 1. The largest absolute Gasteiger partial charge is 0.348 e. The molecule has 0 unspecified atom stereocenters. The van der Waals surface area contributed by atoms with E-state index < -0.39 is 0 Å². The number of amides is 1. The molecule has 0 atom stereocenters. The van der Waals surface area contributed by atoms with Gasteiger partial charge in [-0.2, -0.15) is 5.26 Å². The maximum absolute atomic E-state index is 12.8. The molecule has 124 valence electrons. The number of aryl methyl sites for hydroxylation is 1. The smallest absolute Gasteiger partial charge is 0.269 e. The van der Waals surface area contributed by atoms with E-state index in [4.69, 9.17) is 0 Å². The summed E-state index contributed by atoms with van der Waals surface area (Å²) >= 11 is 0. The molecule has 1 aliphatic carbocycles. The Morgan fingerprint density at radius 1 is 1.21 bits per heavy atom. The van der Waals surface area contributed by atoms with Crippen molar-refractivity contribution in [3.63, 3.8) is 0 Å². The predicted octanol–water partition coefficient (Wildman–Crippen LogP) is 3.97. The summed E-state index contributed by atoms with van der Waals surface area (Å²) in [5, 5.41) is 12.5. The molecule has 3 rings (SSSR count). The number of aromatic nitrogens is 1. The Balaban J connectivity index is 1.89. The number of nitrogens with zero attached hydrogens (tertiary/aromatic N) is 2. The first-order chi connectivity index (χ1) is 11.7. The normalized spacial score (nSPS) is 15.0. The Bertz CT molecular complexity index is 746. The van der Waals surface area contributed by atoms with Crippen LogP contribution in [-0.2, 0) is 6.42 Å². The van der Waals surface area contributed by atoms with E-state index in [1.165, 1.54) is 12.0 Å². The molecule has 1 aromatic carbocycles. The highest BCUT2D eigenvalue weighted by Gasteiger charge is 2.22. The van der Waals surface area contributed by atoms with Gasteiger partial charge in [-0.1, -0.05) is 38.3 Å². The number of carbonyl (C=O) groups excluding carboxylic acids is 1. The van der Waals surface area contributed by atoms with Gasteiger partial charge in [-0.25, -0.2) is 0 Å². The first kappa shape index (κ1) is 16.3. The van der Waals surface area contributed by atoms with E-state index >= 15 is 0 Å². The van der Waals surface area contributed by atoms with Gasteiger partial charge in [0, 0.05) is 17.9 Å². The van der Waals surface area contributed by atoms with Gasteiger partial charge in [-0.15, -0.1) is 0 Å². The van der Waals surface area contributed by atoms with Crippen molar-refractivity contribution in [2.75, 3.05) is 0 Å². The SMILES string of the molecule is CCc1ccc(-n2ccc(C#N)c2C(=O)NC2CCCCC2)cc1. The van der Waals surface area contributed by atoms with Crippen LogP contribution in [0.4, 0.5) is 0 Å². The van der Waals surface area contributed by atoms with Crippen LogP contribution >= 0.6 is 0 Å². The number of benzene rings is 1. The molecule has 0 spiro atoms. The highest BCUT2D eigenvalue weighted by atomic mass is 16.2. The van der Waals surface area contributed by atoms with Crippen molar-refractivity contribution >= 4 is 5.91 Å². The zero-order valence-corrected chi connectivity index (χ0v) is 14.1. The molecular formula is C20H23N3O. The minimum atomic E-state index is -0.150. The first-order valence-electron chi connectivity index (χ1n) is 8.74. The molecular weight excluding hydrogens is 298 g/mol. The number of nitriles is 1. The molecule has 0 saturated heterocycles. The van der Waals surface area contributed by atoms with Crippen LogP contribution in [0.5, 0.6) is 0 Å². The second-order valence-corrected chi connectivity index (χ2v) is 6.39. The van der Waals surface area contributed by atoms with Gasteiger partial charge >= 0.3 is 0 Å². The Kier molecular flexibility index (Phi) is 5.00. The van der Waals surface area contributed by atoms with Crippen LogP contribution in [0.25, 0.3) is 5.69 Å². The lowest BCUT2D eigenvalue weighted by Gasteiger charge is -2.23. The van der Waals surface area contributed by atoms with E-state index in [0.717, 1.165) is 37.8 Å². The van der Waals surface area contributed by atoms with E-state index in [1.54, 1.807) is 12.3 Å². The lowest BCUT2D eigenvalue weighted by molar-refractivity contribution is 0.0920. The van der Waals surface area contributed by atoms with Crippen molar-refractivity contribution in [3.8, 4) is 11.8 Å². The number of rotatable bonds is 4. The van der Waals surface area contributed by atoms with Crippen molar-refractivity contribution in [1.82, 2.24) is 9.88 Å². The molecule has 1 N–H and O–H groups in total. The van der Waals surface area contributed by atoms with E-state index in [1.807, 2.05) is 16.7 Å². The third-order valence-corrected chi connectivity index (χ3v) is 4.78. The monoisotopic (exact) mass is 321 g/mol. The molecule has 1 aliphatic rings. The molecule has 1 heterocycles. The average Bonchev–Trinajstić information content (AvgIpc) is 3.07. The zero-order chi connectivity index (χ0) is 16.9. The Morgan fingerprint density at radius 3 is 2.54 bits per heavy atom. The molecule has 4 heteroatoms. The molecule has 4 nitrogen and oxygen atoms in total. The van der Waals surface area contributed by atoms with Gasteiger partial charge in [0.05, 0.1) is 5.56 Å². The third kappa shape index (κ3) is 3.35. The number of nitrogens with one attached hydrogen (secondary N) is 1. The third-order valence-electron chi connectivity index (χ3n) is 4.78. The first-order valence-corrected chi connectivity index (χ1v) is 8.74. The standard InChI is InChI=1S/C20H23N3O/c1-2-15-8-10-18(11-9-15)23-13-12-16(14-21)19(23)20(24)22-17-6-4-3-5-7-17/h8-13,17H,2-7H2,1H3,(H,22,24). The fourth-order valence-electron chi connectivity index (χ4n) is 3.36. The van der Waals surface area contributed by atoms with Gasteiger partial charge in [0.2, 0.25) is 0 Å². The van der Waals surface area contributed by atoms with Crippen molar-refractivity contribution in [2.45, 2.75) is 51.5 Å². The van der Waals surface area contributed by atoms with Gasteiger partial charge in [-0.05, 0) is 43.0 Å². The second-order valence-electron chi connectivity index (χ2n) is 6.39. The molecule has 0 aliphatic heterocycles. The molecule has 24 heavy (non-hydrogen) atoms. The molecule has 1 amide bonds. The summed E-state index contributed by atoms with van der Waals surface area (Å²) in [6.45, 7) is 2.11. The summed E-state index contributed by atoms with van der Waals surface area (Å²) in [4.78, 5) is 12.8. The van der Waals surface area contributed by atoms with Crippen LogP contribution in [0, 0.1) is 11.3 Å². The zero-order valence-electron chi connectivity index (χ0n) is 14.1. The van der Waals surface area contributed by atoms with Gasteiger partial charge in [0.1, 0.15) is 11.8 Å². The predicted molar refractivity (Wildman–Crippen MR) is 94.2 cm³/mol. The Labute approximate surface area is 143 Å². The molecule has 1 aromatic heterocycles. The molecule has 2 aromatic rings. The minimum Gasteiger partial charge on any atom is -0.348 e. The second kappa shape index (κ2) is 7.35. The van der Waals surface area contributed by atoms with Gasteiger partial charge in [0.15, 0.2) is 0 Å². The van der Waals surface area contributed by atoms with E-state index in [2.05, 4.69) is 30.4 Å². The van der Waals surface area contributed by atoms with Crippen molar-refractivity contribution in [3.05, 3.63) is 53.3 Å². The van der Waals surface area contributed by atoms with Crippen LogP contribution in [0.1, 0.15) is 60.6 Å². The maximum atomic E-state index is 12.8. The Morgan fingerprint density at radius 2 is 1.92 bits per heavy atom. The van der Waals surface area contributed by atoms with Crippen LogP contribution in [0.15, 0.2) is 36.5 Å². The molecule has 1 fully saturated rings. The van der Waals surface area contributed by atoms with Crippen LogP contribution < -0.4 is 5.32 Å². The van der Waals surface area contributed by atoms with Gasteiger partial charge in [0.25, 0.3) is 5.91 Å². The van der Waals surface area contributed by atoms with Crippen molar-refractivity contribution in [2.24, 2.45) is 0 Å². The summed E-state index contributed by atoms with van der Waals surface area (Å²) in [6, 6.07) is 12.2. The highest BCUT2D eigenvalue weighted by molar-refractivity contribution is 5.96. The van der Waals surface area contributed by atoms with E-state index in [-0.39, 0.29) is 11.9 Å². The Hall–Kier alpha value is -2.54. The average molecular weight is 321 g/mol. The number of hydrogen-bond donors (Lipinski definition) is 1. The number of hydrogen-bond acceptors (Lipinski definition) is 2. The molecule has 1 saturated carbocycles. The van der Waals surface area contributed by atoms with Crippen molar-refractivity contribution in [1.29, 1.82) is 5.26 Å². The summed E-state index contributed by atoms with van der Waals surface area (Å²) in [6.07, 6.45) is 8.40. The van der Waals surface area contributed by atoms with Crippen LogP contribution in [-0.4, -0.2) is 16.5 Å². The van der Waals surface area contributed by atoms with Crippen LogP contribution in [0.3, 0.4) is 0 Å². The van der Waals surface area contributed by atoms with E-state index in [9.17, 15) is 10.1 Å².